The largest absolute Gasteiger partial charge is 0.482 e. The summed E-state index contributed by atoms with van der Waals surface area (Å²) in [6.07, 6.45) is 8.59. The molecule has 39 heavy (non-hydrogen) atoms. The highest BCUT2D eigenvalue weighted by molar-refractivity contribution is 5.71. The summed E-state index contributed by atoms with van der Waals surface area (Å²) in [5.74, 6) is 1.82. The van der Waals surface area contributed by atoms with Crippen LogP contribution in [0.15, 0.2) is 61.1 Å². The van der Waals surface area contributed by atoms with Crippen molar-refractivity contribution in [3.05, 3.63) is 77.7 Å². The van der Waals surface area contributed by atoms with Crippen molar-refractivity contribution >= 4 is 5.97 Å². The molecule has 2 aromatic carbocycles. The van der Waals surface area contributed by atoms with Crippen LogP contribution in [0.3, 0.4) is 0 Å². The fraction of sp³-hybridized carbons (Fsp3) is 0.545. The number of fused-ring (bicyclic) bond motifs is 2. The maximum atomic E-state index is 12.3. The van der Waals surface area contributed by atoms with E-state index >= 15 is 0 Å². The van der Waals surface area contributed by atoms with Crippen LogP contribution in [0.25, 0.3) is 0 Å². The van der Waals surface area contributed by atoms with Crippen LogP contribution in [-0.2, 0) is 38.5 Å². The van der Waals surface area contributed by atoms with Gasteiger partial charge >= 0.3 is 5.97 Å². The van der Waals surface area contributed by atoms with Crippen LogP contribution in [0, 0.1) is 17.8 Å². The third-order valence-electron chi connectivity index (χ3n) is 8.41. The van der Waals surface area contributed by atoms with Crippen LogP contribution in [0.2, 0.25) is 0 Å². The monoisotopic (exact) mass is 536 g/mol. The molecule has 0 radical (unpaired) electrons. The number of unbranched alkanes of at least 4 members (excludes halogenated alkanes) is 2. The molecule has 0 spiro atoms. The zero-order chi connectivity index (χ0) is 27.6. The van der Waals surface area contributed by atoms with Crippen LogP contribution >= 0.6 is 0 Å². The molecule has 2 aromatic rings. The Kier molecular flexibility index (Phi) is 10.7. The second kappa shape index (κ2) is 14.4. The first kappa shape index (κ1) is 29.0. The second-order valence-electron chi connectivity index (χ2n) is 11.0. The SMILES string of the molecule is C=C(OC)O[C@@H](CCCCC)CC[C@@H]1[C@H]2Cc3cccc(OCC(=O)OCc4ccccc4)c3C[C@H]2C[C@H]1O. The van der Waals surface area contributed by atoms with Crippen LogP contribution in [-0.4, -0.2) is 37.0 Å². The van der Waals surface area contributed by atoms with E-state index in [-0.39, 0.29) is 37.3 Å². The quantitative estimate of drug-likeness (QED) is 0.162. The molecular formula is C33H44O6. The fourth-order valence-corrected chi connectivity index (χ4v) is 6.35. The molecule has 6 heteroatoms. The molecule has 0 unspecified atom stereocenters. The summed E-state index contributed by atoms with van der Waals surface area (Å²) < 4.78 is 22.5. The lowest BCUT2D eigenvalue weighted by atomic mass is 9.73. The number of ether oxygens (including phenoxy) is 4. The van der Waals surface area contributed by atoms with Gasteiger partial charge in [0.05, 0.1) is 13.2 Å². The summed E-state index contributed by atoms with van der Waals surface area (Å²) in [6.45, 7) is 6.18. The summed E-state index contributed by atoms with van der Waals surface area (Å²) in [6, 6.07) is 15.7. The Bertz CT molecular complexity index is 1070. The smallest absolute Gasteiger partial charge is 0.344 e. The zero-order valence-electron chi connectivity index (χ0n) is 23.5. The predicted molar refractivity (Wildman–Crippen MR) is 151 cm³/mol. The van der Waals surface area contributed by atoms with E-state index in [1.54, 1.807) is 7.11 Å². The maximum absolute atomic E-state index is 12.3. The number of benzene rings is 2. The van der Waals surface area contributed by atoms with Gasteiger partial charge in [-0.15, -0.1) is 0 Å². The Labute approximate surface area is 233 Å². The third kappa shape index (κ3) is 8.01. The highest BCUT2D eigenvalue weighted by Gasteiger charge is 2.45. The Hall–Kier alpha value is -2.99. The van der Waals surface area contributed by atoms with Gasteiger partial charge in [-0.3, -0.25) is 0 Å². The number of methoxy groups -OCH3 is 1. The number of hydrogen-bond acceptors (Lipinski definition) is 6. The van der Waals surface area contributed by atoms with E-state index in [9.17, 15) is 9.90 Å². The Morgan fingerprint density at radius 3 is 2.67 bits per heavy atom. The van der Waals surface area contributed by atoms with E-state index in [1.807, 2.05) is 42.5 Å². The number of esters is 1. The van der Waals surface area contributed by atoms with E-state index in [4.69, 9.17) is 18.9 Å². The minimum absolute atomic E-state index is 0.0628. The molecule has 4 rings (SSSR count). The van der Waals surface area contributed by atoms with Crippen LogP contribution in [0.4, 0.5) is 0 Å². The lowest BCUT2D eigenvalue weighted by Crippen LogP contribution is -2.28. The highest BCUT2D eigenvalue weighted by Crippen LogP contribution is 2.48. The summed E-state index contributed by atoms with van der Waals surface area (Å²) in [4.78, 5) is 12.3. The Morgan fingerprint density at radius 1 is 1.08 bits per heavy atom. The molecule has 0 bridgehead atoms. The Balaban J connectivity index is 1.34. The lowest BCUT2D eigenvalue weighted by Gasteiger charge is -2.33. The number of carbonyl (C=O) groups excluding carboxylic acids is 1. The average Bonchev–Trinajstić information content (AvgIpc) is 3.26. The molecule has 212 valence electrons. The minimum atomic E-state index is -0.381. The van der Waals surface area contributed by atoms with Crippen molar-refractivity contribution in [3.8, 4) is 5.75 Å². The summed E-state index contributed by atoms with van der Waals surface area (Å²) in [7, 11) is 1.59. The first-order valence-corrected chi connectivity index (χ1v) is 14.5. The number of rotatable bonds is 15. The average molecular weight is 537 g/mol. The molecule has 2 aliphatic rings. The van der Waals surface area contributed by atoms with Gasteiger partial charge in [-0.25, -0.2) is 4.79 Å². The van der Waals surface area contributed by atoms with Crippen molar-refractivity contribution in [2.45, 2.75) is 83.5 Å². The molecule has 1 saturated carbocycles. The molecule has 6 nitrogen and oxygen atoms in total. The van der Waals surface area contributed by atoms with Gasteiger partial charge in [-0.1, -0.05) is 62.2 Å². The fourth-order valence-electron chi connectivity index (χ4n) is 6.35. The van der Waals surface area contributed by atoms with Crippen molar-refractivity contribution in [3.63, 3.8) is 0 Å². The first-order valence-electron chi connectivity index (χ1n) is 14.5. The van der Waals surface area contributed by atoms with Gasteiger partial charge in [-0.05, 0) is 92.0 Å². The van der Waals surface area contributed by atoms with Crippen LogP contribution in [0.1, 0.15) is 68.6 Å². The Morgan fingerprint density at radius 2 is 1.90 bits per heavy atom. The number of aliphatic hydroxyl groups excluding tert-OH is 1. The number of carbonyl (C=O) groups is 1. The van der Waals surface area contributed by atoms with Gasteiger partial charge < -0.3 is 24.1 Å². The van der Waals surface area contributed by atoms with Crippen molar-refractivity contribution in [1.29, 1.82) is 0 Å². The second-order valence-corrected chi connectivity index (χ2v) is 11.0. The number of hydrogen-bond donors (Lipinski definition) is 1. The standard InChI is InChI=1S/C33H44O6/c1-4-5-7-14-27(39-23(2)36-3)16-17-28-29-18-25-13-10-15-32(30(25)19-26(29)20-31(28)34)37-22-33(35)38-21-24-11-8-6-9-12-24/h6,8-13,15,26-29,31,34H,2,4-5,7,14,16-22H2,1,3H3/t26-,27-,28+,29-,31+/m0/s1. The van der Waals surface area contributed by atoms with E-state index < -0.39 is 0 Å². The van der Waals surface area contributed by atoms with E-state index in [0.29, 0.717) is 17.8 Å². The summed E-state index contributed by atoms with van der Waals surface area (Å²) in [5.41, 5.74) is 3.37. The molecule has 0 aromatic heterocycles. The minimum Gasteiger partial charge on any atom is -0.482 e. The first-order chi connectivity index (χ1) is 19.0. The summed E-state index contributed by atoms with van der Waals surface area (Å²) >= 11 is 0. The molecule has 5 atom stereocenters. The van der Waals surface area contributed by atoms with E-state index in [2.05, 4.69) is 19.6 Å². The predicted octanol–water partition coefficient (Wildman–Crippen LogP) is 6.38. The maximum Gasteiger partial charge on any atom is 0.344 e. The van der Waals surface area contributed by atoms with Gasteiger partial charge in [0.25, 0.3) is 5.95 Å². The molecule has 0 heterocycles. The number of aliphatic hydroxyl groups is 1. The normalized spacial score (nSPS) is 22.3. The van der Waals surface area contributed by atoms with Crippen molar-refractivity contribution < 1.29 is 28.8 Å². The molecule has 0 aliphatic heterocycles. The highest BCUT2D eigenvalue weighted by atomic mass is 16.7. The van der Waals surface area contributed by atoms with Crippen LogP contribution in [0.5, 0.6) is 5.75 Å². The molecule has 0 amide bonds. The van der Waals surface area contributed by atoms with Crippen molar-refractivity contribution in [2.24, 2.45) is 17.8 Å². The summed E-state index contributed by atoms with van der Waals surface area (Å²) in [5, 5.41) is 11.1. The molecule has 0 saturated heterocycles. The van der Waals surface area contributed by atoms with Crippen molar-refractivity contribution in [2.75, 3.05) is 13.7 Å². The van der Waals surface area contributed by atoms with Gasteiger partial charge in [-0.2, -0.15) is 0 Å². The topological polar surface area (TPSA) is 74.2 Å². The molecule has 1 N–H and O–H groups in total. The van der Waals surface area contributed by atoms with Crippen molar-refractivity contribution in [1.82, 2.24) is 0 Å². The van der Waals surface area contributed by atoms with E-state index in [1.165, 1.54) is 24.0 Å². The molecular weight excluding hydrogens is 492 g/mol. The molecule has 2 aliphatic carbocycles. The van der Waals surface area contributed by atoms with Crippen LogP contribution < -0.4 is 4.74 Å². The molecule has 1 fully saturated rings. The van der Waals surface area contributed by atoms with Gasteiger partial charge in [0.15, 0.2) is 6.61 Å². The van der Waals surface area contributed by atoms with E-state index in [0.717, 1.165) is 56.3 Å². The van der Waals surface area contributed by atoms with Gasteiger partial charge in [0.1, 0.15) is 18.5 Å². The van der Waals surface area contributed by atoms with Gasteiger partial charge in [0, 0.05) is 0 Å². The third-order valence-corrected chi connectivity index (χ3v) is 8.41. The zero-order valence-corrected chi connectivity index (χ0v) is 23.5. The lowest BCUT2D eigenvalue weighted by molar-refractivity contribution is -0.147. The van der Waals surface area contributed by atoms with Gasteiger partial charge in [0.2, 0.25) is 0 Å².